The van der Waals surface area contributed by atoms with Crippen LogP contribution in [0.15, 0.2) is 71.9 Å². The predicted octanol–water partition coefficient (Wildman–Crippen LogP) is 6.26. The second kappa shape index (κ2) is 11.1. The summed E-state index contributed by atoms with van der Waals surface area (Å²) in [5.74, 6) is 1.27. The number of hydrogen-bond acceptors (Lipinski definition) is 7. The summed E-state index contributed by atoms with van der Waals surface area (Å²) in [6.07, 6.45) is 6.32. The number of para-hydroxylation sites is 2. The number of aliphatic imine (C=N–C) groups is 1. The fraction of sp³-hybridized carbons (Fsp3) is 0.400. The lowest BCUT2D eigenvalue weighted by molar-refractivity contribution is 0.00904. The molecule has 9 heteroatoms. The van der Waals surface area contributed by atoms with Gasteiger partial charge in [0.1, 0.15) is 11.3 Å². The number of ether oxygens (including phenoxy) is 1. The van der Waals surface area contributed by atoms with Gasteiger partial charge in [-0.2, -0.15) is 9.98 Å². The van der Waals surface area contributed by atoms with Crippen molar-refractivity contribution in [2.45, 2.75) is 64.6 Å². The van der Waals surface area contributed by atoms with Crippen molar-refractivity contribution >= 4 is 35.6 Å². The zero-order valence-corrected chi connectivity index (χ0v) is 23.2. The number of fused-ring (bicyclic) bond motifs is 1. The molecule has 3 atom stereocenters. The summed E-state index contributed by atoms with van der Waals surface area (Å²) in [4.78, 5) is 29.1. The number of quaternary nitrogens is 1. The molecule has 2 aliphatic rings. The predicted molar refractivity (Wildman–Crippen MR) is 155 cm³/mol. The molecule has 204 valence electrons. The summed E-state index contributed by atoms with van der Waals surface area (Å²) in [6, 6.07) is 20.2. The maximum atomic E-state index is 13.0. The van der Waals surface area contributed by atoms with Gasteiger partial charge in [0.15, 0.2) is 5.69 Å². The molecule has 1 aromatic heterocycles. The van der Waals surface area contributed by atoms with E-state index in [1.807, 2.05) is 74.5 Å². The molecule has 0 spiro atoms. The van der Waals surface area contributed by atoms with E-state index in [4.69, 9.17) is 14.7 Å². The molecule has 3 unspecified atom stereocenters. The molecule has 3 heterocycles. The monoisotopic (exact) mass is 528 g/mol. The molecule has 2 aliphatic heterocycles. The smallest absolute Gasteiger partial charge is 0.410 e. The van der Waals surface area contributed by atoms with Crippen molar-refractivity contribution in [3.8, 4) is 0 Å². The van der Waals surface area contributed by atoms with Gasteiger partial charge in [0, 0.05) is 24.9 Å². The highest BCUT2D eigenvalue weighted by molar-refractivity contribution is 5.93. The number of nitrogens with one attached hydrogen (secondary N) is 2. The lowest BCUT2D eigenvalue weighted by Crippen LogP contribution is -2.59. The summed E-state index contributed by atoms with van der Waals surface area (Å²) < 4.78 is 5.86. The van der Waals surface area contributed by atoms with E-state index in [1.165, 1.54) is 0 Å². The number of rotatable bonds is 7. The Hall–Kier alpha value is -3.82. The third kappa shape index (κ3) is 5.94. The average Bonchev–Trinajstić information content (AvgIpc) is 3.31. The van der Waals surface area contributed by atoms with E-state index in [0.29, 0.717) is 19.0 Å². The number of nitrogens with zero attached hydrogens (tertiary/aromatic N) is 5. The van der Waals surface area contributed by atoms with Crippen molar-refractivity contribution in [1.29, 1.82) is 0 Å². The molecule has 1 saturated heterocycles. The maximum absolute atomic E-state index is 13.0. The Morgan fingerprint density at radius 1 is 1.10 bits per heavy atom. The number of carbonyl (C=O) groups is 1. The fourth-order valence-corrected chi connectivity index (χ4v) is 5.13. The highest BCUT2D eigenvalue weighted by Crippen LogP contribution is 2.42. The summed E-state index contributed by atoms with van der Waals surface area (Å²) in [7, 11) is 0. The third-order valence-electron chi connectivity index (χ3n) is 7.11. The lowest BCUT2D eigenvalue weighted by atomic mass is 10.0. The minimum absolute atomic E-state index is 0.0118. The second-order valence-electron chi connectivity index (χ2n) is 11.2. The van der Waals surface area contributed by atoms with E-state index < -0.39 is 5.60 Å². The number of amides is 1. The van der Waals surface area contributed by atoms with Crippen LogP contribution in [-0.2, 0) is 4.74 Å². The van der Waals surface area contributed by atoms with Gasteiger partial charge in [0.05, 0.1) is 18.6 Å². The topological polar surface area (TPSA) is 91.7 Å². The van der Waals surface area contributed by atoms with E-state index >= 15 is 0 Å². The summed E-state index contributed by atoms with van der Waals surface area (Å²) in [5, 5.41) is 3.44. The molecule has 1 fully saturated rings. The number of hydrogen-bond donors (Lipinski definition) is 2. The molecule has 2 aromatic carbocycles. The Labute approximate surface area is 230 Å². The Bertz CT molecular complexity index is 1320. The Balaban J connectivity index is 1.42. The average molecular weight is 529 g/mol. The quantitative estimate of drug-likeness (QED) is 0.352. The van der Waals surface area contributed by atoms with Gasteiger partial charge >= 0.3 is 6.09 Å². The van der Waals surface area contributed by atoms with Crippen molar-refractivity contribution in [3.63, 3.8) is 0 Å². The van der Waals surface area contributed by atoms with E-state index in [0.717, 1.165) is 42.0 Å². The first kappa shape index (κ1) is 26.8. The molecular formula is C30H38N7O2+. The molecule has 0 saturated carbocycles. The Morgan fingerprint density at radius 2 is 1.87 bits per heavy atom. The number of piperidine rings is 1. The van der Waals surface area contributed by atoms with Gasteiger partial charge in [0.2, 0.25) is 12.3 Å². The number of likely N-dealkylation sites (tertiary alicyclic amines) is 1. The lowest BCUT2D eigenvalue weighted by Gasteiger charge is -2.38. The van der Waals surface area contributed by atoms with Crippen LogP contribution in [0.25, 0.3) is 0 Å². The SMILES string of the molecule is CC(Nc1nccc([N+]2(NCC3CCCCN3C(=O)OC(C)(C)C)C=Nc3ccccc32)n1)c1ccccc1. The van der Waals surface area contributed by atoms with Gasteiger partial charge in [-0.3, -0.25) is 0 Å². The van der Waals surface area contributed by atoms with Crippen molar-refractivity contribution in [1.82, 2.24) is 24.9 Å². The van der Waals surface area contributed by atoms with Gasteiger partial charge in [0.25, 0.3) is 5.82 Å². The maximum Gasteiger partial charge on any atom is 0.410 e. The summed E-state index contributed by atoms with van der Waals surface area (Å²) in [6.45, 7) is 9.03. The van der Waals surface area contributed by atoms with Crippen LogP contribution in [0.1, 0.15) is 58.6 Å². The normalized spacial score (nSPS) is 21.3. The molecule has 3 aromatic rings. The van der Waals surface area contributed by atoms with Crippen molar-refractivity contribution in [2.75, 3.05) is 18.4 Å². The number of carbonyl (C=O) groups excluding carboxylic acids is 1. The summed E-state index contributed by atoms with van der Waals surface area (Å²) >= 11 is 0. The first-order valence-corrected chi connectivity index (χ1v) is 13.7. The molecule has 1 amide bonds. The molecule has 9 nitrogen and oxygen atoms in total. The standard InChI is InChI=1S/C30H38N7O2/c1-22(23-12-6-5-7-13-23)34-28-31-18-17-27(35-28)37(21-32-25-15-8-9-16-26(25)37)33-20-24-14-10-11-19-36(24)29(38)39-30(2,3)4/h5-9,12-13,15-18,21-22,24,33H,10-11,14,19-20H2,1-4H3,(H,31,34,35)/q+1. The van der Waals surface area contributed by atoms with Crippen LogP contribution in [0.2, 0.25) is 0 Å². The van der Waals surface area contributed by atoms with Gasteiger partial charge in [-0.25, -0.2) is 9.78 Å². The first-order chi connectivity index (χ1) is 18.7. The molecule has 39 heavy (non-hydrogen) atoms. The minimum atomic E-state index is -0.540. The van der Waals surface area contributed by atoms with Gasteiger partial charge < -0.3 is 15.0 Å². The van der Waals surface area contributed by atoms with Crippen LogP contribution >= 0.6 is 0 Å². The van der Waals surface area contributed by atoms with Gasteiger partial charge in [-0.05, 0) is 58.6 Å². The van der Waals surface area contributed by atoms with Crippen LogP contribution in [0.3, 0.4) is 0 Å². The van der Waals surface area contributed by atoms with Crippen LogP contribution in [0.4, 0.5) is 27.9 Å². The van der Waals surface area contributed by atoms with Crippen LogP contribution in [0, 0.1) is 0 Å². The van der Waals surface area contributed by atoms with E-state index in [1.54, 1.807) is 6.20 Å². The molecule has 0 aliphatic carbocycles. The molecule has 2 N–H and O–H groups in total. The van der Waals surface area contributed by atoms with E-state index in [2.05, 4.69) is 40.8 Å². The zero-order chi connectivity index (χ0) is 27.5. The number of anilines is 1. The highest BCUT2D eigenvalue weighted by atomic mass is 16.6. The highest BCUT2D eigenvalue weighted by Gasteiger charge is 2.42. The van der Waals surface area contributed by atoms with Crippen LogP contribution < -0.4 is 15.3 Å². The summed E-state index contributed by atoms with van der Waals surface area (Å²) in [5.41, 5.74) is 6.18. The van der Waals surface area contributed by atoms with Gasteiger partial charge in [-0.15, -0.1) is 10.0 Å². The molecule has 5 rings (SSSR count). The first-order valence-electron chi connectivity index (χ1n) is 13.7. The van der Waals surface area contributed by atoms with Crippen molar-refractivity contribution < 1.29 is 9.53 Å². The zero-order valence-electron chi connectivity index (χ0n) is 23.2. The third-order valence-corrected chi connectivity index (χ3v) is 7.11. The molecular weight excluding hydrogens is 490 g/mol. The minimum Gasteiger partial charge on any atom is -0.444 e. The molecule has 0 radical (unpaired) electrons. The Morgan fingerprint density at radius 3 is 2.67 bits per heavy atom. The van der Waals surface area contributed by atoms with E-state index in [9.17, 15) is 4.79 Å². The van der Waals surface area contributed by atoms with Crippen molar-refractivity contribution in [2.24, 2.45) is 4.99 Å². The van der Waals surface area contributed by atoms with Crippen molar-refractivity contribution in [3.05, 3.63) is 72.4 Å². The second-order valence-corrected chi connectivity index (χ2v) is 11.2. The molecule has 0 bridgehead atoms. The van der Waals surface area contributed by atoms with Crippen LogP contribution in [0.5, 0.6) is 0 Å². The van der Waals surface area contributed by atoms with Gasteiger partial charge in [-0.1, -0.05) is 42.5 Å². The van der Waals surface area contributed by atoms with E-state index in [-0.39, 0.29) is 22.8 Å². The number of benzene rings is 2. The fourth-order valence-electron chi connectivity index (χ4n) is 5.13. The largest absolute Gasteiger partial charge is 0.444 e. The number of aromatic nitrogens is 2. The van der Waals surface area contributed by atoms with Crippen LogP contribution in [-0.4, -0.2) is 52.0 Å². The Kier molecular flexibility index (Phi) is 7.63.